The zero-order chi connectivity index (χ0) is 25.1. The quantitative estimate of drug-likeness (QED) is 0.440. The molecule has 0 unspecified atom stereocenters. The molecule has 35 heavy (non-hydrogen) atoms. The molecule has 186 valence electrons. The molecule has 0 spiro atoms. The van der Waals surface area contributed by atoms with E-state index in [0.29, 0.717) is 23.7 Å². The molecule has 0 saturated carbocycles. The van der Waals surface area contributed by atoms with Gasteiger partial charge in [-0.3, -0.25) is 18.7 Å². The number of aromatic nitrogens is 4. The molecule has 1 fully saturated rings. The van der Waals surface area contributed by atoms with Crippen molar-refractivity contribution in [2.45, 2.75) is 39.0 Å². The minimum atomic E-state index is -0.882. The van der Waals surface area contributed by atoms with Gasteiger partial charge in [-0.2, -0.15) is 0 Å². The average Bonchev–Trinajstić information content (AvgIpc) is 3.46. The predicted octanol–water partition coefficient (Wildman–Crippen LogP) is 1.12. The summed E-state index contributed by atoms with van der Waals surface area (Å²) in [5, 5.41) is 0. The van der Waals surface area contributed by atoms with Gasteiger partial charge in [-0.05, 0) is 38.0 Å². The number of amides is 1. The molecule has 0 bridgehead atoms. The molecule has 12 nitrogen and oxygen atoms in total. The topological polar surface area (TPSA) is 150 Å². The number of carbonyl (C=O) groups is 2. The third kappa shape index (κ3) is 4.69. The largest absolute Gasteiger partial charge is 0.497 e. The maximum Gasteiger partial charge on any atom is 0.331 e. The predicted molar refractivity (Wildman–Crippen MR) is 124 cm³/mol. The lowest BCUT2D eigenvalue weighted by molar-refractivity contribution is -0.143. The highest BCUT2D eigenvalue weighted by Crippen LogP contribution is 2.33. The number of imidazole rings is 1. The van der Waals surface area contributed by atoms with Crippen LogP contribution in [0.1, 0.15) is 30.3 Å². The van der Waals surface area contributed by atoms with Gasteiger partial charge in [0.25, 0.3) is 5.91 Å². The Morgan fingerprint density at radius 1 is 1.20 bits per heavy atom. The Bertz CT molecular complexity index is 1320. The fourth-order valence-electron chi connectivity index (χ4n) is 4.13. The van der Waals surface area contributed by atoms with E-state index in [9.17, 15) is 14.4 Å². The van der Waals surface area contributed by atoms with Crippen molar-refractivity contribution in [2.24, 2.45) is 5.73 Å². The first-order chi connectivity index (χ1) is 16.9. The first-order valence-corrected chi connectivity index (χ1v) is 11.2. The van der Waals surface area contributed by atoms with Crippen molar-refractivity contribution in [3.63, 3.8) is 0 Å². The number of nitrogens with two attached hydrogens (primary N) is 1. The lowest BCUT2D eigenvalue weighted by Crippen LogP contribution is -2.31. The number of hydrogen-bond acceptors (Lipinski definition) is 9. The highest BCUT2D eigenvalue weighted by atomic mass is 16.5. The standard InChI is InChI=1S/C23H27N5O7/c1-4-34-17(29)12-27-19-18(20(24)30)25-21(15-10-13(32-2)7-8-16(15)33-3)26-22(19)28(23(27)31)11-14-6-5-9-35-14/h7-8,10,14H,4-6,9,11-12H2,1-3H3,(H2,24,30)/t14-/m1/s1. The van der Waals surface area contributed by atoms with E-state index in [0.717, 1.165) is 17.4 Å². The van der Waals surface area contributed by atoms with Crippen LogP contribution in [0.4, 0.5) is 0 Å². The Kier molecular flexibility index (Phi) is 7.01. The van der Waals surface area contributed by atoms with Gasteiger partial charge in [0, 0.05) is 6.61 Å². The number of rotatable bonds is 9. The molecular formula is C23H27N5O7. The van der Waals surface area contributed by atoms with Crippen molar-refractivity contribution in [3.8, 4) is 22.9 Å². The highest BCUT2D eigenvalue weighted by Gasteiger charge is 2.28. The summed E-state index contributed by atoms with van der Waals surface area (Å²) in [5.41, 5.74) is 5.57. The molecule has 2 N–H and O–H groups in total. The monoisotopic (exact) mass is 485 g/mol. The SMILES string of the molecule is CCOC(=O)Cn1c(=O)n(C[C@H]2CCCO2)c2nc(-c3cc(OC)ccc3OC)nc(C(N)=O)c21. The molecule has 3 heterocycles. The van der Waals surface area contributed by atoms with Crippen LogP contribution >= 0.6 is 0 Å². The number of hydrogen-bond donors (Lipinski definition) is 1. The van der Waals surface area contributed by atoms with Crippen molar-refractivity contribution in [1.82, 2.24) is 19.1 Å². The van der Waals surface area contributed by atoms with Crippen LogP contribution in [0.15, 0.2) is 23.0 Å². The summed E-state index contributed by atoms with van der Waals surface area (Å²) in [6.45, 7) is 2.16. The first-order valence-electron chi connectivity index (χ1n) is 11.2. The molecule has 3 aromatic rings. The summed E-state index contributed by atoms with van der Waals surface area (Å²) in [5.74, 6) is -0.468. The number of carbonyl (C=O) groups excluding carboxylic acids is 2. The van der Waals surface area contributed by atoms with E-state index < -0.39 is 24.1 Å². The van der Waals surface area contributed by atoms with E-state index in [1.54, 1.807) is 25.1 Å². The second-order valence-electron chi connectivity index (χ2n) is 7.92. The summed E-state index contributed by atoms with van der Waals surface area (Å²) in [6.07, 6.45) is 1.42. The minimum absolute atomic E-state index is 0.0548. The van der Waals surface area contributed by atoms with E-state index in [2.05, 4.69) is 9.97 Å². The summed E-state index contributed by atoms with van der Waals surface area (Å²) in [7, 11) is 3.00. The van der Waals surface area contributed by atoms with Crippen LogP contribution < -0.4 is 20.9 Å². The Morgan fingerprint density at radius 3 is 2.63 bits per heavy atom. The van der Waals surface area contributed by atoms with Gasteiger partial charge in [-0.25, -0.2) is 14.8 Å². The third-order valence-corrected chi connectivity index (χ3v) is 5.74. The van der Waals surface area contributed by atoms with Crippen LogP contribution in [0.3, 0.4) is 0 Å². The van der Waals surface area contributed by atoms with Gasteiger partial charge in [0.2, 0.25) is 0 Å². The lowest BCUT2D eigenvalue weighted by atomic mass is 10.1. The van der Waals surface area contributed by atoms with Crippen molar-refractivity contribution >= 4 is 23.0 Å². The van der Waals surface area contributed by atoms with Gasteiger partial charge in [0.15, 0.2) is 17.2 Å². The number of primary amides is 1. The fraction of sp³-hybridized carbons (Fsp3) is 0.435. The highest BCUT2D eigenvalue weighted by molar-refractivity contribution is 6.02. The summed E-state index contributed by atoms with van der Waals surface area (Å²) in [4.78, 5) is 47.3. The number of fused-ring (bicyclic) bond motifs is 1. The molecular weight excluding hydrogens is 458 g/mol. The normalized spacial score (nSPS) is 15.3. The zero-order valence-corrected chi connectivity index (χ0v) is 19.8. The molecule has 1 aromatic carbocycles. The zero-order valence-electron chi connectivity index (χ0n) is 19.8. The van der Waals surface area contributed by atoms with E-state index in [-0.39, 0.29) is 41.9 Å². The van der Waals surface area contributed by atoms with Crippen LogP contribution in [-0.2, 0) is 27.4 Å². The van der Waals surface area contributed by atoms with Gasteiger partial charge < -0.3 is 24.7 Å². The van der Waals surface area contributed by atoms with E-state index in [4.69, 9.17) is 24.7 Å². The number of ether oxygens (including phenoxy) is 4. The lowest BCUT2D eigenvalue weighted by Gasteiger charge is -2.12. The number of esters is 1. The molecule has 0 radical (unpaired) electrons. The Labute approximate surface area is 200 Å². The smallest absolute Gasteiger partial charge is 0.331 e. The van der Waals surface area contributed by atoms with Gasteiger partial charge in [-0.1, -0.05) is 0 Å². The summed E-state index contributed by atoms with van der Waals surface area (Å²) < 4.78 is 24.0. The van der Waals surface area contributed by atoms with Gasteiger partial charge >= 0.3 is 11.7 Å². The summed E-state index contributed by atoms with van der Waals surface area (Å²) in [6, 6.07) is 5.04. The van der Waals surface area contributed by atoms with Crippen LogP contribution in [0.5, 0.6) is 11.5 Å². The van der Waals surface area contributed by atoms with Crippen molar-refractivity contribution in [1.29, 1.82) is 0 Å². The van der Waals surface area contributed by atoms with Crippen molar-refractivity contribution < 1.29 is 28.5 Å². The van der Waals surface area contributed by atoms with E-state index >= 15 is 0 Å². The van der Waals surface area contributed by atoms with Gasteiger partial charge in [-0.15, -0.1) is 0 Å². The molecule has 0 aliphatic carbocycles. The second kappa shape index (κ2) is 10.1. The molecule has 1 amide bonds. The Morgan fingerprint density at radius 2 is 2.00 bits per heavy atom. The van der Waals surface area contributed by atoms with Gasteiger partial charge in [0.1, 0.15) is 23.6 Å². The van der Waals surface area contributed by atoms with E-state index in [1.165, 1.54) is 18.8 Å². The van der Waals surface area contributed by atoms with Crippen molar-refractivity contribution in [2.75, 3.05) is 27.4 Å². The Balaban J connectivity index is 2.00. The van der Waals surface area contributed by atoms with Crippen molar-refractivity contribution in [3.05, 3.63) is 34.4 Å². The number of nitrogens with zero attached hydrogens (tertiary/aromatic N) is 4. The molecule has 2 aromatic heterocycles. The maximum absolute atomic E-state index is 13.5. The van der Waals surface area contributed by atoms with Crippen LogP contribution in [0.2, 0.25) is 0 Å². The number of methoxy groups -OCH3 is 2. The van der Waals surface area contributed by atoms with E-state index in [1.807, 2.05) is 0 Å². The minimum Gasteiger partial charge on any atom is -0.497 e. The van der Waals surface area contributed by atoms with Crippen LogP contribution in [-0.4, -0.2) is 64.5 Å². The van der Waals surface area contributed by atoms with Crippen LogP contribution in [0, 0.1) is 0 Å². The molecule has 1 aliphatic rings. The first kappa shape index (κ1) is 24.2. The van der Waals surface area contributed by atoms with Crippen LogP contribution in [0.25, 0.3) is 22.6 Å². The second-order valence-corrected chi connectivity index (χ2v) is 7.92. The molecule has 4 rings (SSSR count). The third-order valence-electron chi connectivity index (χ3n) is 5.74. The maximum atomic E-state index is 13.5. The van der Waals surface area contributed by atoms with Gasteiger partial charge in [0.05, 0.1) is 39.0 Å². The molecule has 1 saturated heterocycles. The fourth-order valence-corrected chi connectivity index (χ4v) is 4.13. The molecule has 1 aliphatic heterocycles. The molecule has 12 heteroatoms. The molecule has 1 atom stereocenters. The summed E-state index contributed by atoms with van der Waals surface area (Å²) >= 11 is 0. The average molecular weight is 485 g/mol. The Hall–Kier alpha value is -3.93. The number of benzene rings is 1.